The highest BCUT2D eigenvalue weighted by Crippen LogP contribution is 2.49. The Morgan fingerprint density at radius 2 is 1.89 bits per heavy atom. The Hall–Kier alpha value is -2.82. The van der Waals surface area contributed by atoms with Crippen LogP contribution in [0, 0.1) is 0 Å². The van der Waals surface area contributed by atoms with Crippen LogP contribution in [0.25, 0.3) is 5.69 Å². The van der Waals surface area contributed by atoms with Crippen molar-refractivity contribution in [3.8, 4) is 11.4 Å². The summed E-state index contributed by atoms with van der Waals surface area (Å²) in [7, 11) is 1.63. The van der Waals surface area contributed by atoms with Crippen LogP contribution in [0.4, 0.5) is 5.82 Å². The van der Waals surface area contributed by atoms with Crippen LogP contribution in [-0.4, -0.2) is 72.2 Å². The number of benzene rings is 1. The Morgan fingerprint density at radius 3 is 2.51 bits per heavy atom. The lowest BCUT2D eigenvalue weighted by atomic mass is 9.88. The van der Waals surface area contributed by atoms with E-state index in [-0.39, 0.29) is 34.8 Å². The van der Waals surface area contributed by atoms with Crippen molar-refractivity contribution < 1.29 is 19.1 Å². The molecule has 5 rings (SSSR count). The number of anilines is 1. The SMILES string of the molecule is COc1ccc(-n2nc(C(C)(C)C)c3c2N(CC(=O)N2CCOCC2)C(=O)CS[C@@H]3c2cccs2)cc1. The fourth-order valence-corrected chi connectivity index (χ4v) is 6.87. The van der Waals surface area contributed by atoms with Crippen LogP contribution in [0.3, 0.4) is 0 Å². The summed E-state index contributed by atoms with van der Waals surface area (Å²) < 4.78 is 12.6. The van der Waals surface area contributed by atoms with E-state index in [1.54, 1.807) is 40.0 Å². The van der Waals surface area contributed by atoms with E-state index in [4.69, 9.17) is 14.6 Å². The van der Waals surface area contributed by atoms with Crippen molar-refractivity contribution in [2.45, 2.75) is 31.4 Å². The summed E-state index contributed by atoms with van der Waals surface area (Å²) >= 11 is 3.28. The Bertz CT molecular complexity index is 1260. The molecular formula is C27H32N4O4S2. The average Bonchev–Trinajstić information content (AvgIpc) is 3.54. The average molecular weight is 541 g/mol. The molecule has 4 heterocycles. The number of hydrogen-bond donors (Lipinski definition) is 0. The van der Waals surface area contributed by atoms with Gasteiger partial charge in [-0.2, -0.15) is 5.10 Å². The predicted molar refractivity (Wildman–Crippen MR) is 147 cm³/mol. The van der Waals surface area contributed by atoms with Gasteiger partial charge in [-0.05, 0) is 35.7 Å². The van der Waals surface area contributed by atoms with Gasteiger partial charge in [0.1, 0.15) is 18.1 Å². The van der Waals surface area contributed by atoms with Gasteiger partial charge < -0.3 is 14.4 Å². The van der Waals surface area contributed by atoms with Gasteiger partial charge in [0.25, 0.3) is 0 Å². The number of methoxy groups -OCH3 is 1. The standard InChI is InChI=1S/C27H32N4O4S2/c1-27(2,3)25-23-24(20-6-5-15-36-20)37-17-22(33)30(16-21(32)29-11-13-35-14-12-29)26(23)31(28-25)18-7-9-19(34-4)10-8-18/h5-10,15,24H,11-14,16-17H2,1-4H3/t24-/m1/s1. The Labute approximate surface area is 225 Å². The molecule has 1 saturated heterocycles. The van der Waals surface area contributed by atoms with Crippen LogP contribution >= 0.6 is 23.1 Å². The maximum Gasteiger partial charge on any atom is 0.242 e. The highest BCUT2D eigenvalue weighted by molar-refractivity contribution is 8.00. The lowest BCUT2D eigenvalue weighted by Gasteiger charge is -2.30. The zero-order valence-electron chi connectivity index (χ0n) is 21.6. The van der Waals surface area contributed by atoms with E-state index < -0.39 is 0 Å². The third kappa shape index (κ3) is 5.15. The molecular weight excluding hydrogens is 508 g/mol. The van der Waals surface area contributed by atoms with Gasteiger partial charge in [-0.25, -0.2) is 4.68 Å². The van der Waals surface area contributed by atoms with Gasteiger partial charge in [0.15, 0.2) is 0 Å². The van der Waals surface area contributed by atoms with E-state index in [9.17, 15) is 9.59 Å². The summed E-state index contributed by atoms with van der Waals surface area (Å²) in [6.07, 6.45) is 0. The number of nitrogens with zero attached hydrogens (tertiary/aromatic N) is 4. The number of carbonyl (C=O) groups excluding carboxylic acids is 2. The molecule has 1 fully saturated rings. The molecule has 0 N–H and O–H groups in total. The minimum absolute atomic E-state index is 0.0328. The fourth-order valence-electron chi connectivity index (χ4n) is 4.69. The number of rotatable bonds is 5. The van der Waals surface area contributed by atoms with E-state index >= 15 is 0 Å². The number of thioether (sulfide) groups is 1. The molecule has 10 heteroatoms. The van der Waals surface area contributed by atoms with Gasteiger partial charge in [-0.15, -0.1) is 23.1 Å². The summed E-state index contributed by atoms with van der Waals surface area (Å²) in [6, 6.07) is 11.8. The first-order chi connectivity index (χ1) is 17.8. The fraction of sp³-hybridized carbons (Fsp3) is 0.444. The van der Waals surface area contributed by atoms with Gasteiger partial charge in [0, 0.05) is 28.9 Å². The zero-order valence-corrected chi connectivity index (χ0v) is 23.2. The lowest BCUT2D eigenvalue weighted by Crippen LogP contribution is -2.48. The highest BCUT2D eigenvalue weighted by atomic mass is 32.2. The second-order valence-corrected chi connectivity index (χ2v) is 12.2. The first-order valence-electron chi connectivity index (χ1n) is 12.4. The molecule has 1 atom stereocenters. The maximum absolute atomic E-state index is 13.7. The monoisotopic (exact) mass is 540 g/mol. The number of thiophene rings is 1. The summed E-state index contributed by atoms with van der Waals surface area (Å²) in [5, 5.41) is 7.12. The first kappa shape index (κ1) is 25.8. The van der Waals surface area contributed by atoms with Crippen LogP contribution in [0.5, 0.6) is 5.75 Å². The zero-order chi connectivity index (χ0) is 26.2. The van der Waals surface area contributed by atoms with Crippen LogP contribution in [0.2, 0.25) is 0 Å². The van der Waals surface area contributed by atoms with Crippen LogP contribution in [0.15, 0.2) is 41.8 Å². The van der Waals surface area contributed by atoms with Crippen molar-refractivity contribution in [2.75, 3.05) is 50.6 Å². The van der Waals surface area contributed by atoms with Gasteiger partial charge in [-0.3, -0.25) is 14.5 Å². The predicted octanol–water partition coefficient (Wildman–Crippen LogP) is 4.27. The van der Waals surface area contributed by atoms with E-state index in [0.29, 0.717) is 32.1 Å². The molecule has 2 aromatic heterocycles. The lowest BCUT2D eigenvalue weighted by molar-refractivity contribution is -0.134. The number of ether oxygens (including phenoxy) is 2. The number of aromatic nitrogens is 2. The molecule has 0 unspecified atom stereocenters. The van der Waals surface area contributed by atoms with Crippen molar-refractivity contribution in [3.63, 3.8) is 0 Å². The molecule has 2 amide bonds. The Morgan fingerprint density at radius 1 is 1.16 bits per heavy atom. The molecule has 0 bridgehead atoms. The molecule has 0 radical (unpaired) electrons. The molecule has 196 valence electrons. The van der Waals surface area contributed by atoms with Crippen molar-refractivity contribution in [1.82, 2.24) is 14.7 Å². The smallest absolute Gasteiger partial charge is 0.242 e. The molecule has 3 aromatic rings. The van der Waals surface area contributed by atoms with Crippen molar-refractivity contribution in [3.05, 3.63) is 57.9 Å². The van der Waals surface area contributed by atoms with Crippen LogP contribution < -0.4 is 9.64 Å². The molecule has 1 aromatic carbocycles. The minimum atomic E-state index is -0.287. The van der Waals surface area contributed by atoms with E-state index in [2.05, 4.69) is 32.2 Å². The highest BCUT2D eigenvalue weighted by Gasteiger charge is 2.40. The van der Waals surface area contributed by atoms with Crippen LogP contribution in [-0.2, 0) is 19.7 Å². The van der Waals surface area contributed by atoms with E-state index in [1.165, 1.54) is 4.88 Å². The second-order valence-electron chi connectivity index (χ2n) is 10.1. The third-order valence-electron chi connectivity index (χ3n) is 6.58. The number of fused-ring (bicyclic) bond motifs is 1. The largest absolute Gasteiger partial charge is 0.497 e. The van der Waals surface area contributed by atoms with Crippen molar-refractivity contribution >= 4 is 40.7 Å². The normalized spacial score (nSPS) is 18.5. The summed E-state index contributed by atoms with van der Waals surface area (Å²) in [5.74, 6) is 1.51. The molecule has 8 nitrogen and oxygen atoms in total. The maximum atomic E-state index is 13.7. The molecule has 2 aliphatic rings. The Kier molecular flexibility index (Phi) is 7.33. The second kappa shape index (κ2) is 10.5. The van der Waals surface area contributed by atoms with Gasteiger partial charge in [0.2, 0.25) is 11.8 Å². The van der Waals surface area contributed by atoms with E-state index in [0.717, 1.165) is 22.7 Å². The molecule has 2 aliphatic heterocycles. The number of amides is 2. The van der Waals surface area contributed by atoms with Crippen molar-refractivity contribution in [2.24, 2.45) is 0 Å². The minimum Gasteiger partial charge on any atom is -0.497 e. The van der Waals surface area contributed by atoms with Gasteiger partial charge in [-0.1, -0.05) is 26.8 Å². The molecule has 37 heavy (non-hydrogen) atoms. The Balaban J connectivity index is 1.70. The quantitative estimate of drug-likeness (QED) is 0.481. The van der Waals surface area contributed by atoms with E-state index in [1.807, 2.05) is 35.0 Å². The molecule has 0 aliphatic carbocycles. The third-order valence-corrected chi connectivity index (χ3v) is 8.90. The summed E-state index contributed by atoms with van der Waals surface area (Å²) in [5.41, 5.74) is 2.44. The summed E-state index contributed by atoms with van der Waals surface area (Å²) in [4.78, 5) is 31.7. The van der Waals surface area contributed by atoms with Gasteiger partial charge in [0.05, 0.1) is 42.7 Å². The number of carbonyl (C=O) groups is 2. The van der Waals surface area contributed by atoms with Crippen LogP contribution in [0.1, 0.15) is 42.2 Å². The molecule has 0 saturated carbocycles. The number of morpholine rings is 1. The first-order valence-corrected chi connectivity index (χ1v) is 14.3. The molecule has 0 spiro atoms. The van der Waals surface area contributed by atoms with Gasteiger partial charge >= 0.3 is 0 Å². The van der Waals surface area contributed by atoms with Crippen molar-refractivity contribution in [1.29, 1.82) is 0 Å². The number of hydrogen-bond acceptors (Lipinski definition) is 7. The topological polar surface area (TPSA) is 76.9 Å². The summed E-state index contributed by atoms with van der Waals surface area (Å²) in [6.45, 7) is 8.48.